The number of thioether (sulfide) groups is 1. The van der Waals surface area contributed by atoms with E-state index >= 15 is 0 Å². The zero-order chi connectivity index (χ0) is 14.0. The van der Waals surface area contributed by atoms with Crippen molar-refractivity contribution in [1.82, 2.24) is 10.3 Å². The van der Waals surface area contributed by atoms with Gasteiger partial charge in [-0.05, 0) is 18.2 Å². The zero-order valence-electron chi connectivity index (χ0n) is 9.99. The van der Waals surface area contributed by atoms with Gasteiger partial charge in [0.25, 0.3) is 5.56 Å². The number of pyridine rings is 1. The second-order valence-electron chi connectivity index (χ2n) is 3.78. The molecule has 7 heteroatoms. The molecule has 0 aliphatic rings. The number of benzene rings is 1. The molecule has 0 spiro atoms. The van der Waals surface area contributed by atoms with Crippen LogP contribution in [0.2, 0.25) is 5.02 Å². The summed E-state index contributed by atoms with van der Waals surface area (Å²) in [5.41, 5.74) is 0.0143. The van der Waals surface area contributed by atoms with Crippen molar-refractivity contribution in [1.29, 1.82) is 0 Å². The molecular formula is C12H11ClN2O3S. The smallest absolute Gasteiger partial charge is 0.265 e. The van der Waals surface area contributed by atoms with Crippen molar-refractivity contribution in [2.24, 2.45) is 0 Å². The average Bonchev–Trinajstić information content (AvgIpc) is 2.37. The minimum absolute atomic E-state index is 0.0617. The maximum atomic E-state index is 11.9. The molecule has 0 unspecified atom stereocenters. The number of aromatic nitrogens is 1. The molecule has 0 fully saturated rings. The van der Waals surface area contributed by atoms with Crippen LogP contribution in [-0.2, 0) is 4.79 Å². The Labute approximate surface area is 118 Å². The van der Waals surface area contributed by atoms with Gasteiger partial charge in [0.1, 0.15) is 10.6 Å². The van der Waals surface area contributed by atoms with E-state index in [2.05, 4.69) is 10.3 Å². The lowest BCUT2D eigenvalue weighted by Gasteiger charge is -2.07. The number of amides is 1. The highest BCUT2D eigenvalue weighted by molar-refractivity contribution is 8.00. The van der Waals surface area contributed by atoms with Gasteiger partial charge >= 0.3 is 0 Å². The molecule has 0 aliphatic heterocycles. The Hall–Kier alpha value is -1.66. The van der Waals surface area contributed by atoms with Gasteiger partial charge in [0.05, 0.1) is 11.3 Å². The van der Waals surface area contributed by atoms with E-state index in [4.69, 9.17) is 11.6 Å². The predicted molar refractivity (Wildman–Crippen MR) is 76.0 cm³/mol. The Morgan fingerprint density at radius 1 is 1.53 bits per heavy atom. The molecule has 19 heavy (non-hydrogen) atoms. The standard InChI is InChI=1S/C12H11ClN2O3S/c1-14-9(16)5-19-11-10(17)7-3-2-6(13)4-8(7)15-12(11)18/h2-4H,5H2,1H3,(H,14,16)(H2,15,17,18). The number of nitrogens with one attached hydrogen (secondary N) is 2. The van der Waals surface area contributed by atoms with Gasteiger partial charge in [0, 0.05) is 17.5 Å². The van der Waals surface area contributed by atoms with Gasteiger partial charge in [0.2, 0.25) is 5.91 Å². The molecule has 1 aromatic heterocycles. The number of rotatable bonds is 3. The Morgan fingerprint density at radius 2 is 2.26 bits per heavy atom. The van der Waals surface area contributed by atoms with Crippen LogP contribution < -0.4 is 10.9 Å². The third-order valence-electron chi connectivity index (χ3n) is 2.53. The van der Waals surface area contributed by atoms with Crippen LogP contribution in [0.3, 0.4) is 0 Å². The van der Waals surface area contributed by atoms with Crippen molar-refractivity contribution in [2.45, 2.75) is 4.90 Å². The van der Waals surface area contributed by atoms with Gasteiger partial charge in [0.15, 0.2) is 0 Å². The molecule has 1 aromatic carbocycles. The molecule has 1 amide bonds. The van der Waals surface area contributed by atoms with Gasteiger partial charge in [-0.25, -0.2) is 0 Å². The summed E-state index contributed by atoms with van der Waals surface area (Å²) in [6.45, 7) is 0. The molecule has 0 bridgehead atoms. The summed E-state index contributed by atoms with van der Waals surface area (Å²) in [6, 6.07) is 4.80. The molecule has 2 rings (SSSR count). The fraction of sp³-hybridized carbons (Fsp3) is 0.167. The first-order chi connectivity index (χ1) is 9.02. The second-order valence-corrected chi connectivity index (χ2v) is 5.21. The number of H-pyrrole nitrogens is 1. The highest BCUT2D eigenvalue weighted by atomic mass is 35.5. The van der Waals surface area contributed by atoms with Gasteiger partial charge in [-0.1, -0.05) is 11.6 Å². The number of carbonyl (C=O) groups excluding carboxylic acids is 1. The van der Waals surface area contributed by atoms with Crippen LogP contribution in [0.25, 0.3) is 10.9 Å². The number of carbonyl (C=O) groups is 1. The summed E-state index contributed by atoms with van der Waals surface area (Å²) in [4.78, 5) is 25.8. The highest BCUT2D eigenvalue weighted by Gasteiger charge is 2.13. The lowest BCUT2D eigenvalue weighted by Crippen LogP contribution is -2.20. The average molecular weight is 299 g/mol. The first-order valence-corrected chi connectivity index (χ1v) is 6.77. The van der Waals surface area contributed by atoms with Gasteiger partial charge in [-0.3, -0.25) is 9.59 Å². The molecule has 100 valence electrons. The Bertz CT molecular complexity index is 699. The van der Waals surface area contributed by atoms with E-state index in [1.54, 1.807) is 18.2 Å². The Morgan fingerprint density at radius 3 is 2.95 bits per heavy atom. The third-order valence-corrected chi connectivity index (χ3v) is 3.84. The maximum absolute atomic E-state index is 11.9. The van der Waals surface area contributed by atoms with Crippen LogP contribution in [0.15, 0.2) is 27.9 Å². The van der Waals surface area contributed by atoms with Crippen LogP contribution in [0.1, 0.15) is 0 Å². The molecule has 0 saturated carbocycles. The van der Waals surface area contributed by atoms with Crippen molar-refractivity contribution >= 4 is 40.2 Å². The van der Waals surface area contributed by atoms with Crippen molar-refractivity contribution < 1.29 is 9.90 Å². The van der Waals surface area contributed by atoms with E-state index in [1.165, 1.54) is 7.05 Å². The first-order valence-electron chi connectivity index (χ1n) is 5.41. The minimum atomic E-state index is -0.443. The fourth-order valence-electron chi connectivity index (χ4n) is 1.58. The van der Waals surface area contributed by atoms with Gasteiger partial charge in [-0.15, -0.1) is 11.8 Å². The lowest BCUT2D eigenvalue weighted by atomic mass is 10.2. The van der Waals surface area contributed by atoms with E-state index in [1.807, 2.05) is 0 Å². The minimum Gasteiger partial charge on any atom is -0.506 e. The zero-order valence-corrected chi connectivity index (χ0v) is 11.6. The summed E-state index contributed by atoms with van der Waals surface area (Å²) in [5.74, 6) is -0.295. The summed E-state index contributed by atoms with van der Waals surface area (Å²) in [5, 5.41) is 13.5. The number of hydrogen-bond acceptors (Lipinski definition) is 4. The Kier molecular flexibility index (Phi) is 4.01. The third kappa shape index (κ3) is 2.85. The van der Waals surface area contributed by atoms with Crippen LogP contribution in [0.5, 0.6) is 5.75 Å². The predicted octanol–water partition coefficient (Wildman–Crippen LogP) is 1.73. The molecule has 3 N–H and O–H groups in total. The summed E-state index contributed by atoms with van der Waals surface area (Å²) < 4.78 is 0. The summed E-state index contributed by atoms with van der Waals surface area (Å²) >= 11 is 6.81. The summed E-state index contributed by atoms with van der Waals surface area (Å²) in [7, 11) is 1.51. The normalized spacial score (nSPS) is 10.6. The molecule has 2 aromatic rings. The van der Waals surface area contributed by atoms with E-state index in [0.29, 0.717) is 15.9 Å². The van der Waals surface area contributed by atoms with Crippen LogP contribution >= 0.6 is 23.4 Å². The molecule has 1 heterocycles. The van der Waals surface area contributed by atoms with Crippen molar-refractivity contribution in [3.8, 4) is 5.75 Å². The van der Waals surface area contributed by atoms with Gasteiger partial charge < -0.3 is 15.4 Å². The second kappa shape index (κ2) is 5.54. The maximum Gasteiger partial charge on any atom is 0.265 e. The molecule has 5 nitrogen and oxygen atoms in total. The molecule has 0 aliphatic carbocycles. The topological polar surface area (TPSA) is 82.2 Å². The molecule has 0 saturated heterocycles. The van der Waals surface area contributed by atoms with E-state index in [-0.39, 0.29) is 22.3 Å². The summed E-state index contributed by atoms with van der Waals surface area (Å²) in [6.07, 6.45) is 0. The van der Waals surface area contributed by atoms with E-state index in [9.17, 15) is 14.7 Å². The number of aromatic hydroxyl groups is 1. The van der Waals surface area contributed by atoms with Crippen molar-refractivity contribution in [2.75, 3.05) is 12.8 Å². The SMILES string of the molecule is CNC(=O)CSc1c(O)c2ccc(Cl)cc2[nH]c1=O. The van der Waals surface area contributed by atoms with Crippen LogP contribution in [0, 0.1) is 0 Å². The lowest BCUT2D eigenvalue weighted by molar-refractivity contribution is -0.118. The van der Waals surface area contributed by atoms with Crippen molar-refractivity contribution in [3.05, 3.63) is 33.6 Å². The van der Waals surface area contributed by atoms with E-state index in [0.717, 1.165) is 11.8 Å². The number of fused-ring (bicyclic) bond motifs is 1. The van der Waals surface area contributed by atoms with Gasteiger partial charge in [-0.2, -0.15) is 0 Å². The van der Waals surface area contributed by atoms with Crippen LogP contribution in [-0.4, -0.2) is 28.8 Å². The molecular weight excluding hydrogens is 288 g/mol. The molecule has 0 radical (unpaired) electrons. The quantitative estimate of drug-likeness (QED) is 0.754. The highest BCUT2D eigenvalue weighted by Crippen LogP contribution is 2.32. The first kappa shape index (κ1) is 13.8. The monoisotopic (exact) mass is 298 g/mol. The number of hydrogen-bond donors (Lipinski definition) is 3. The number of aromatic amines is 1. The fourth-order valence-corrected chi connectivity index (χ4v) is 2.60. The largest absolute Gasteiger partial charge is 0.506 e. The van der Waals surface area contributed by atoms with E-state index < -0.39 is 5.56 Å². The molecule has 0 atom stereocenters. The van der Waals surface area contributed by atoms with Crippen LogP contribution in [0.4, 0.5) is 0 Å². The number of halogens is 1. The van der Waals surface area contributed by atoms with Crippen molar-refractivity contribution in [3.63, 3.8) is 0 Å². The Balaban J connectivity index is 2.47.